The van der Waals surface area contributed by atoms with Crippen molar-refractivity contribution in [1.29, 1.82) is 0 Å². The lowest BCUT2D eigenvalue weighted by Crippen LogP contribution is -2.58. The second-order valence-corrected chi connectivity index (χ2v) is 11.7. The number of fused-ring (bicyclic) bond motifs is 7. The van der Waals surface area contributed by atoms with Crippen molar-refractivity contribution in [3.05, 3.63) is 113 Å². The smallest absolute Gasteiger partial charge is 0.258 e. The highest BCUT2D eigenvalue weighted by molar-refractivity contribution is 5.96. The number of carbonyl (C=O) groups excluding carboxylic acids is 3. The third-order valence-electron chi connectivity index (χ3n) is 8.46. The summed E-state index contributed by atoms with van der Waals surface area (Å²) < 4.78 is 17.8. The minimum Gasteiger partial charge on any atom is -0.496 e. The summed E-state index contributed by atoms with van der Waals surface area (Å²) in [7, 11) is 1.57. The summed E-state index contributed by atoms with van der Waals surface area (Å²) in [6, 6.07) is 26.7. The molecule has 3 aliphatic rings. The Morgan fingerprint density at radius 2 is 1.72 bits per heavy atom. The Hall–Kier alpha value is -5.35. The van der Waals surface area contributed by atoms with E-state index in [0.717, 1.165) is 22.3 Å². The normalized spacial score (nSPS) is 18.1. The topological polar surface area (TPSA) is 126 Å². The van der Waals surface area contributed by atoms with E-state index in [4.69, 9.17) is 14.2 Å². The van der Waals surface area contributed by atoms with Crippen molar-refractivity contribution in [2.45, 2.75) is 38.1 Å². The lowest BCUT2D eigenvalue weighted by Gasteiger charge is -2.39. The summed E-state index contributed by atoms with van der Waals surface area (Å²) >= 11 is 0. The molecule has 0 aromatic heterocycles. The standard InChI is InChI=1S/C37H37N3O7/c1-45-33-14-11-28-19-31(33)27-3-2-4-30(18-27)46-23-35(42)38-20-25-9-12-29(13-10-25)47-34-15-16-40(21-32(34)39-37(28)44)36(43)17-24-5-7-26(22-41)8-6-24/h2-14,18-19,32,34,41H,15-17,20-23H2,1H3,(H,38,42)(H,39,44)/t32-,34-/m1/s1. The molecule has 3 aliphatic heterocycles. The number of methoxy groups -OCH3 is 1. The van der Waals surface area contributed by atoms with E-state index in [1.165, 1.54) is 0 Å². The number of aliphatic hydroxyl groups is 1. The third-order valence-corrected chi connectivity index (χ3v) is 8.46. The number of hydrogen-bond donors (Lipinski definition) is 3. The summed E-state index contributed by atoms with van der Waals surface area (Å²) in [5.41, 5.74) is 4.38. The largest absolute Gasteiger partial charge is 0.496 e. The van der Waals surface area contributed by atoms with Crippen LogP contribution < -0.4 is 24.8 Å². The van der Waals surface area contributed by atoms with Gasteiger partial charge >= 0.3 is 0 Å². The van der Waals surface area contributed by atoms with Gasteiger partial charge in [-0.2, -0.15) is 0 Å². The van der Waals surface area contributed by atoms with Crippen molar-refractivity contribution < 1.29 is 33.7 Å². The molecule has 3 amide bonds. The quantitative estimate of drug-likeness (QED) is 0.311. The molecule has 0 saturated carbocycles. The Morgan fingerprint density at radius 3 is 2.49 bits per heavy atom. The molecule has 10 heteroatoms. The molecule has 0 spiro atoms. The fourth-order valence-corrected chi connectivity index (χ4v) is 5.83. The highest BCUT2D eigenvalue weighted by Crippen LogP contribution is 2.33. The van der Waals surface area contributed by atoms with E-state index in [0.29, 0.717) is 47.9 Å². The number of hydrogen-bond acceptors (Lipinski definition) is 7. The van der Waals surface area contributed by atoms with Gasteiger partial charge in [0.1, 0.15) is 23.4 Å². The average molecular weight is 636 g/mol. The summed E-state index contributed by atoms with van der Waals surface area (Å²) in [5, 5.41) is 15.4. The van der Waals surface area contributed by atoms with Gasteiger partial charge in [0.2, 0.25) is 5.91 Å². The van der Waals surface area contributed by atoms with Crippen molar-refractivity contribution in [1.82, 2.24) is 15.5 Å². The Morgan fingerprint density at radius 1 is 0.936 bits per heavy atom. The fourth-order valence-electron chi connectivity index (χ4n) is 5.83. The molecule has 6 bridgehead atoms. The zero-order chi connectivity index (χ0) is 32.8. The van der Waals surface area contributed by atoms with Gasteiger partial charge in [0.25, 0.3) is 11.8 Å². The molecule has 0 aliphatic carbocycles. The molecule has 10 nitrogen and oxygen atoms in total. The van der Waals surface area contributed by atoms with Crippen molar-refractivity contribution in [2.75, 3.05) is 26.8 Å². The van der Waals surface area contributed by atoms with Gasteiger partial charge in [-0.15, -0.1) is 0 Å². The first-order valence-corrected chi connectivity index (χ1v) is 15.6. The molecule has 47 heavy (non-hydrogen) atoms. The van der Waals surface area contributed by atoms with E-state index in [-0.39, 0.29) is 43.9 Å². The van der Waals surface area contributed by atoms with Crippen molar-refractivity contribution in [2.24, 2.45) is 0 Å². The predicted molar refractivity (Wildman–Crippen MR) is 175 cm³/mol. The number of ether oxygens (including phenoxy) is 3. The minimum absolute atomic E-state index is 0.0545. The third kappa shape index (κ3) is 7.73. The molecule has 3 N–H and O–H groups in total. The minimum atomic E-state index is -0.496. The number of rotatable bonds is 4. The second kappa shape index (κ2) is 14.4. The predicted octanol–water partition coefficient (Wildman–Crippen LogP) is 3.88. The lowest BCUT2D eigenvalue weighted by atomic mass is 9.98. The van der Waals surface area contributed by atoms with Crippen LogP contribution in [0.4, 0.5) is 0 Å². The first-order valence-electron chi connectivity index (χ1n) is 15.6. The fraction of sp³-hybridized carbons (Fsp3) is 0.270. The van der Waals surface area contributed by atoms with Gasteiger partial charge in [0.15, 0.2) is 6.61 Å². The van der Waals surface area contributed by atoms with Crippen molar-refractivity contribution in [3.8, 4) is 28.4 Å². The molecule has 0 unspecified atom stereocenters. The monoisotopic (exact) mass is 635 g/mol. The maximum absolute atomic E-state index is 13.8. The van der Waals surface area contributed by atoms with Gasteiger partial charge in [-0.3, -0.25) is 14.4 Å². The lowest BCUT2D eigenvalue weighted by molar-refractivity contribution is -0.133. The number of likely N-dealkylation sites (tertiary alicyclic amines) is 1. The number of carbonyl (C=O) groups is 3. The summed E-state index contributed by atoms with van der Waals surface area (Å²) in [6.45, 7) is 0.867. The first kappa shape index (κ1) is 31.6. The van der Waals surface area contributed by atoms with Gasteiger partial charge < -0.3 is 34.9 Å². The van der Waals surface area contributed by atoms with Gasteiger partial charge in [-0.25, -0.2) is 0 Å². The zero-order valence-electron chi connectivity index (χ0n) is 26.1. The number of benzene rings is 4. The number of amides is 3. The van der Waals surface area contributed by atoms with E-state index in [2.05, 4.69) is 10.6 Å². The number of nitrogens with one attached hydrogen (secondary N) is 2. The molecule has 3 heterocycles. The molecule has 4 aromatic rings. The van der Waals surface area contributed by atoms with E-state index < -0.39 is 12.1 Å². The van der Waals surface area contributed by atoms with Crippen molar-refractivity contribution in [3.63, 3.8) is 0 Å². The van der Waals surface area contributed by atoms with E-state index in [9.17, 15) is 19.5 Å². The summed E-state index contributed by atoms with van der Waals surface area (Å²) in [5.74, 6) is 1.08. The average Bonchev–Trinajstić information content (AvgIpc) is 3.10. The van der Waals surface area contributed by atoms with Gasteiger partial charge in [-0.05, 0) is 64.7 Å². The van der Waals surface area contributed by atoms with Crippen LogP contribution in [0.15, 0.2) is 91.0 Å². The zero-order valence-corrected chi connectivity index (χ0v) is 26.1. The van der Waals surface area contributed by atoms with Gasteiger partial charge in [-0.1, -0.05) is 48.5 Å². The van der Waals surface area contributed by atoms with Gasteiger partial charge in [0, 0.05) is 37.2 Å². The van der Waals surface area contributed by atoms with Crippen LogP contribution in [0.2, 0.25) is 0 Å². The molecule has 0 radical (unpaired) electrons. The molecule has 242 valence electrons. The number of aliphatic hydroxyl groups excluding tert-OH is 1. The molecule has 1 fully saturated rings. The van der Waals surface area contributed by atoms with Crippen LogP contribution >= 0.6 is 0 Å². The van der Waals surface area contributed by atoms with Crippen LogP contribution in [0.5, 0.6) is 17.2 Å². The Bertz CT molecular complexity index is 1740. The molecular formula is C37H37N3O7. The van der Waals surface area contributed by atoms with E-state index in [1.807, 2.05) is 60.7 Å². The Kier molecular flexibility index (Phi) is 9.68. The van der Waals surface area contributed by atoms with Gasteiger partial charge in [0.05, 0.1) is 26.2 Å². The van der Waals surface area contributed by atoms with E-state index >= 15 is 0 Å². The summed E-state index contributed by atoms with van der Waals surface area (Å²) in [6.07, 6.45) is 0.327. The highest BCUT2D eigenvalue weighted by Gasteiger charge is 2.34. The highest BCUT2D eigenvalue weighted by atomic mass is 16.5. The maximum atomic E-state index is 13.8. The second-order valence-electron chi connectivity index (χ2n) is 11.7. The maximum Gasteiger partial charge on any atom is 0.258 e. The van der Waals surface area contributed by atoms with Crippen LogP contribution in [0.25, 0.3) is 11.1 Å². The molecule has 1 saturated heterocycles. The molecule has 4 aromatic carbocycles. The van der Waals surface area contributed by atoms with Crippen LogP contribution in [-0.2, 0) is 29.2 Å². The molecule has 7 rings (SSSR count). The number of piperidine rings is 1. The van der Waals surface area contributed by atoms with Crippen LogP contribution in [0.3, 0.4) is 0 Å². The van der Waals surface area contributed by atoms with Crippen LogP contribution in [0, 0.1) is 0 Å². The summed E-state index contributed by atoms with van der Waals surface area (Å²) in [4.78, 5) is 41.5. The molecular weight excluding hydrogens is 598 g/mol. The Balaban J connectivity index is 1.29. The van der Waals surface area contributed by atoms with Crippen molar-refractivity contribution >= 4 is 17.7 Å². The van der Waals surface area contributed by atoms with Crippen LogP contribution in [-0.4, -0.2) is 66.7 Å². The van der Waals surface area contributed by atoms with E-state index in [1.54, 1.807) is 42.3 Å². The Labute approximate surface area is 273 Å². The van der Waals surface area contributed by atoms with Crippen LogP contribution in [0.1, 0.15) is 33.5 Å². The number of nitrogens with zero attached hydrogens (tertiary/aromatic N) is 1. The SMILES string of the molecule is COc1ccc2cc1-c1cccc(c1)OCC(=O)NCc1ccc(cc1)O[C@@H]1CCN(C(=O)Cc3ccc(CO)cc3)C[C@H]1NC2=O. The first-order chi connectivity index (χ1) is 22.9. The molecule has 2 atom stereocenters.